The summed E-state index contributed by atoms with van der Waals surface area (Å²) in [6.07, 6.45) is 3.06. The van der Waals surface area contributed by atoms with Gasteiger partial charge in [-0.25, -0.2) is 4.79 Å². The van der Waals surface area contributed by atoms with Crippen LogP contribution in [0.25, 0.3) is 0 Å². The van der Waals surface area contributed by atoms with E-state index in [2.05, 4.69) is 4.98 Å². The van der Waals surface area contributed by atoms with Gasteiger partial charge in [0.1, 0.15) is 12.0 Å². The second kappa shape index (κ2) is 4.85. The maximum atomic E-state index is 11.6. The summed E-state index contributed by atoms with van der Waals surface area (Å²) in [6.45, 7) is 1.96. The monoisotopic (exact) mass is 239 g/mol. The summed E-state index contributed by atoms with van der Waals surface area (Å²) in [5.41, 5.74) is 5.06. The van der Waals surface area contributed by atoms with Gasteiger partial charge in [0.05, 0.1) is 12.2 Å². The van der Waals surface area contributed by atoms with Crippen LogP contribution in [0.4, 0.5) is 5.82 Å². The highest BCUT2D eigenvalue weighted by molar-refractivity contribution is 5.23. The van der Waals surface area contributed by atoms with Gasteiger partial charge in [-0.2, -0.15) is 4.98 Å². The van der Waals surface area contributed by atoms with E-state index in [1.807, 2.05) is 6.92 Å². The number of hydrogen-bond donors (Lipinski definition) is 1. The molecule has 2 heterocycles. The summed E-state index contributed by atoms with van der Waals surface area (Å²) >= 11 is 0. The fraction of sp³-hybridized carbons (Fsp3) is 0.636. The molecule has 2 N–H and O–H groups in total. The number of anilines is 1. The number of methoxy groups -OCH3 is 1. The molecule has 1 aliphatic heterocycles. The molecule has 1 saturated heterocycles. The zero-order chi connectivity index (χ0) is 12.4. The largest absolute Gasteiger partial charge is 0.383 e. The highest BCUT2D eigenvalue weighted by Crippen LogP contribution is 2.29. The van der Waals surface area contributed by atoms with Gasteiger partial charge in [0.15, 0.2) is 0 Å². The van der Waals surface area contributed by atoms with Crippen LogP contribution >= 0.6 is 0 Å². The zero-order valence-corrected chi connectivity index (χ0v) is 10.00. The fourth-order valence-corrected chi connectivity index (χ4v) is 1.99. The summed E-state index contributed by atoms with van der Waals surface area (Å²) in [5, 5.41) is 0. The minimum atomic E-state index is -0.374. The molecule has 0 spiro atoms. The van der Waals surface area contributed by atoms with Crippen molar-refractivity contribution in [1.29, 1.82) is 0 Å². The first kappa shape index (κ1) is 12.1. The summed E-state index contributed by atoms with van der Waals surface area (Å²) in [4.78, 5) is 15.3. The Labute approximate surface area is 99.4 Å². The van der Waals surface area contributed by atoms with Crippen molar-refractivity contribution in [2.45, 2.75) is 38.2 Å². The van der Waals surface area contributed by atoms with Crippen LogP contribution in [0.5, 0.6) is 0 Å². The van der Waals surface area contributed by atoms with Gasteiger partial charge >= 0.3 is 5.69 Å². The molecule has 0 amide bonds. The summed E-state index contributed by atoms with van der Waals surface area (Å²) in [5.74, 6) is 0.228. The Balaban J connectivity index is 2.12. The number of nitrogens with two attached hydrogens (primary N) is 1. The maximum Gasteiger partial charge on any atom is 0.351 e. The third kappa shape index (κ3) is 2.48. The van der Waals surface area contributed by atoms with Gasteiger partial charge < -0.3 is 15.2 Å². The Kier molecular flexibility index (Phi) is 3.44. The quantitative estimate of drug-likeness (QED) is 0.832. The van der Waals surface area contributed by atoms with Gasteiger partial charge in [-0.05, 0) is 25.8 Å². The van der Waals surface area contributed by atoms with E-state index in [1.165, 1.54) is 4.57 Å². The van der Waals surface area contributed by atoms with Gasteiger partial charge in [0.25, 0.3) is 0 Å². The normalized spacial score (nSPS) is 26.0. The molecule has 6 heteroatoms. The lowest BCUT2D eigenvalue weighted by Crippen LogP contribution is -2.29. The lowest BCUT2D eigenvalue weighted by atomic mass is 10.1. The molecule has 0 saturated carbocycles. The topological polar surface area (TPSA) is 79.4 Å². The molecule has 6 nitrogen and oxygen atoms in total. The van der Waals surface area contributed by atoms with Crippen molar-refractivity contribution in [3.8, 4) is 0 Å². The lowest BCUT2D eigenvalue weighted by molar-refractivity contribution is -0.0677. The van der Waals surface area contributed by atoms with E-state index in [0.717, 1.165) is 12.8 Å². The first-order chi connectivity index (χ1) is 8.11. The molecular formula is C11H17N3O3. The minimum absolute atomic E-state index is 0.0226. The molecule has 3 atom stereocenters. The van der Waals surface area contributed by atoms with E-state index >= 15 is 0 Å². The van der Waals surface area contributed by atoms with E-state index < -0.39 is 0 Å². The van der Waals surface area contributed by atoms with Crippen molar-refractivity contribution in [2.75, 3.05) is 12.8 Å². The van der Waals surface area contributed by atoms with E-state index in [0.29, 0.717) is 0 Å². The SMILES string of the molecule is COC(C)C1CCC(n2ccc(N)nc2=O)O1. The summed E-state index contributed by atoms with van der Waals surface area (Å²) in [7, 11) is 1.65. The van der Waals surface area contributed by atoms with Crippen LogP contribution in [-0.4, -0.2) is 28.9 Å². The predicted molar refractivity (Wildman–Crippen MR) is 62.5 cm³/mol. The Morgan fingerprint density at radius 2 is 2.41 bits per heavy atom. The Bertz CT molecular complexity index is 446. The Hall–Kier alpha value is -1.40. The van der Waals surface area contributed by atoms with Crippen LogP contribution in [0.15, 0.2) is 17.1 Å². The molecule has 1 aliphatic rings. The molecule has 1 aromatic rings. The average molecular weight is 239 g/mol. The first-order valence-corrected chi connectivity index (χ1v) is 5.64. The molecule has 1 fully saturated rings. The van der Waals surface area contributed by atoms with Crippen LogP contribution in [0, 0.1) is 0 Å². The van der Waals surface area contributed by atoms with Crippen molar-refractivity contribution >= 4 is 5.82 Å². The smallest absolute Gasteiger partial charge is 0.351 e. The van der Waals surface area contributed by atoms with Gasteiger partial charge in [0.2, 0.25) is 0 Å². The van der Waals surface area contributed by atoms with E-state index in [9.17, 15) is 4.79 Å². The van der Waals surface area contributed by atoms with Crippen LogP contribution in [0.3, 0.4) is 0 Å². The number of ether oxygens (including phenoxy) is 2. The Morgan fingerprint density at radius 1 is 1.65 bits per heavy atom. The van der Waals surface area contributed by atoms with Crippen molar-refractivity contribution in [3.05, 3.63) is 22.7 Å². The lowest BCUT2D eigenvalue weighted by Gasteiger charge is -2.19. The van der Waals surface area contributed by atoms with Gasteiger partial charge in [-0.1, -0.05) is 0 Å². The summed E-state index contributed by atoms with van der Waals surface area (Å²) < 4.78 is 12.5. The van der Waals surface area contributed by atoms with Crippen molar-refractivity contribution < 1.29 is 9.47 Å². The molecule has 3 unspecified atom stereocenters. The van der Waals surface area contributed by atoms with Crippen molar-refractivity contribution in [3.63, 3.8) is 0 Å². The van der Waals surface area contributed by atoms with Gasteiger partial charge in [-0.3, -0.25) is 4.57 Å². The van der Waals surface area contributed by atoms with Crippen molar-refractivity contribution in [2.24, 2.45) is 0 Å². The maximum absolute atomic E-state index is 11.6. The molecule has 0 bridgehead atoms. The highest BCUT2D eigenvalue weighted by Gasteiger charge is 2.30. The second-order valence-electron chi connectivity index (χ2n) is 4.19. The molecular weight excluding hydrogens is 222 g/mol. The standard InChI is InChI=1S/C11H17N3O3/c1-7(16-2)8-3-4-10(17-8)14-6-5-9(12)13-11(14)15/h5-8,10H,3-4H2,1-2H3,(H2,12,13,15). The number of rotatable bonds is 3. The fourth-order valence-electron chi connectivity index (χ4n) is 1.99. The van der Waals surface area contributed by atoms with Crippen LogP contribution in [-0.2, 0) is 9.47 Å². The predicted octanol–water partition coefficient (Wildman–Crippen LogP) is 0.538. The number of nitrogens with zero attached hydrogens (tertiary/aromatic N) is 2. The first-order valence-electron chi connectivity index (χ1n) is 5.64. The van der Waals surface area contributed by atoms with Gasteiger partial charge in [-0.15, -0.1) is 0 Å². The van der Waals surface area contributed by atoms with Crippen LogP contribution in [0.2, 0.25) is 0 Å². The Morgan fingerprint density at radius 3 is 3.06 bits per heavy atom. The van der Waals surface area contributed by atoms with E-state index in [1.54, 1.807) is 19.4 Å². The molecule has 1 aromatic heterocycles. The van der Waals surface area contributed by atoms with Gasteiger partial charge in [0, 0.05) is 13.3 Å². The third-order valence-electron chi connectivity index (χ3n) is 3.09. The van der Waals surface area contributed by atoms with Crippen LogP contribution in [0.1, 0.15) is 26.0 Å². The second-order valence-corrected chi connectivity index (χ2v) is 4.19. The van der Waals surface area contributed by atoms with Crippen molar-refractivity contribution in [1.82, 2.24) is 9.55 Å². The molecule has 0 aromatic carbocycles. The zero-order valence-electron chi connectivity index (χ0n) is 10.00. The molecule has 0 aliphatic carbocycles. The molecule has 0 radical (unpaired) electrons. The van der Waals surface area contributed by atoms with E-state index in [-0.39, 0.29) is 29.9 Å². The van der Waals surface area contributed by atoms with Crippen LogP contribution < -0.4 is 11.4 Å². The number of hydrogen-bond acceptors (Lipinski definition) is 5. The summed E-state index contributed by atoms with van der Waals surface area (Å²) in [6, 6.07) is 1.60. The third-order valence-corrected chi connectivity index (χ3v) is 3.09. The molecule has 94 valence electrons. The molecule has 2 rings (SSSR count). The average Bonchev–Trinajstić information content (AvgIpc) is 2.77. The highest BCUT2D eigenvalue weighted by atomic mass is 16.6. The van der Waals surface area contributed by atoms with E-state index in [4.69, 9.17) is 15.2 Å². The minimum Gasteiger partial charge on any atom is -0.383 e. The number of aromatic nitrogens is 2. The molecule has 17 heavy (non-hydrogen) atoms. The number of nitrogen functional groups attached to an aromatic ring is 1.